The summed E-state index contributed by atoms with van der Waals surface area (Å²) in [5.74, 6) is 0.966. The molecule has 7 aromatic carbocycles. The van der Waals surface area contributed by atoms with Crippen LogP contribution in [0.25, 0.3) is 32.7 Å². The third-order valence-electron chi connectivity index (χ3n) is 16.7. The molecule has 28 heteroatoms. The van der Waals surface area contributed by atoms with Crippen LogP contribution in [0.3, 0.4) is 0 Å². The number of anilines is 3. The van der Waals surface area contributed by atoms with Crippen molar-refractivity contribution in [2.24, 2.45) is 0 Å². The van der Waals surface area contributed by atoms with Crippen LogP contribution in [0.5, 0.6) is 28.7 Å². The number of hydrogen-bond donors (Lipinski definition) is 2. The van der Waals surface area contributed by atoms with E-state index in [1.165, 1.54) is 36.0 Å². The van der Waals surface area contributed by atoms with Crippen molar-refractivity contribution in [2.45, 2.75) is 45.9 Å². The zero-order valence-electron chi connectivity index (χ0n) is 53.7. The molecule has 13 rings (SSSR count). The van der Waals surface area contributed by atoms with Crippen molar-refractivity contribution in [3.8, 4) is 28.7 Å². The highest BCUT2D eigenvalue weighted by atomic mass is 35.5. The molecule has 3 aliphatic heterocycles. The Hall–Kier alpha value is -9.99. The highest BCUT2D eigenvalue weighted by Crippen LogP contribution is 2.48. The van der Waals surface area contributed by atoms with Crippen LogP contribution in [-0.4, -0.2) is 127 Å². The molecule has 97 heavy (non-hydrogen) atoms. The molecule has 0 fully saturated rings. The van der Waals surface area contributed by atoms with Gasteiger partial charge in [-0.25, -0.2) is 25.3 Å². The summed E-state index contributed by atoms with van der Waals surface area (Å²) < 4.78 is 101. The van der Waals surface area contributed by atoms with Gasteiger partial charge in [0.1, 0.15) is 41.3 Å². The number of nitrogens with zero attached hydrogens (tertiary/aromatic N) is 8. The summed E-state index contributed by atoms with van der Waals surface area (Å²) in [7, 11) is -3.20. The number of carbonyl (C=O) groups is 3. The first-order valence-corrected chi connectivity index (χ1v) is 36.1. The number of benzene rings is 7. The average molecular weight is 1410 g/mol. The SMILES string of the molecule is CN(c1c2c(c(O)c3ncccc13)C(=O)N(Cc1ccc(Cl)cc1)C2)S(C)(=O)=O.COc1ccc(COc2c3c(c(N(C)S(C)(=O)=O)c4cccnc24)CN(Cc2ccc(Cl)cc2)C3=O)cc1.COc1ccc(COc2c3c(c(N(C)S(C)(=O)=O)c4cccnc24)CNC3=O)cc1. The second-order valence-electron chi connectivity index (χ2n) is 23.0. The van der Waals surface area contributed by atoms with E-state index in [-0.39, 0.29) is 67.4 Å². The van der Waals surface area contributed by atoms with Gasteiger partial charge in [-0.05, 0) is 107 Å². The van der Waals surface area contributed by atoms with Crippen LogP contribution in [0.4, 0.5) is 17.1 Å². The number of ether oxygens (including phenoxy) is 4. The Morgan fingerprint density at radius 3 is 1.24 bits per heavy atom. The number of rotatable bonds is 18. The number of aromatic nitrogens is 3. The molecule has 2 N–H and O–H groups in total. The summed E-state index contributed by atoms with van der Waals surface area (Å²) in [5.41, 5.74) is 8.19. The summed E-state index contributed by atoms with van der Waals surface area (Å²) in [4.78, 5) is 56.0. The maximum atomic E-state index is 13.9. The van der Waals surface area contributed by atoms with Gasteiger partial charge < -0.3 is 39.2 Å². The van der Waals surface area contributed by atoms with E-state index < -0.39 is 30.1 Å². The van der Waals surface area contributed by atoms with Gasteiger partial charge in [-0.15, -0.1) is 0 Å². The van der Waals surface area contributed by atoms with E-state index in [0.717, 1.165) is 56.8 Å². The molecule has 0 atom stereocenters. The average Bonchev–Trinajstić information content (AvgIpc) is 1.67. The minimum absolute atomic E-state index is 0.0932. The first-order valence-electron chi connectivity index (χ1n) is 29.8. The molecular weight excluding hydrogens is 1350 g/mol. The van der Waals surface area contributed by atoms with Gasteiger partial charge in [-0.1, -0.05) is 71.7 Å². The Morgan fingerprint density at radius 1 is 0.485 bits per heavy atom. The largest absolute Gasteiger partial charge is 0.505 e. The monoisotopic (exact) mass is 1410 g/mol. The number of carbonyl (C=O) groups excluding carboxylic acids is 3. The number of nitrogens with one attached hydrogen (secondary N) is 1. The molecule has 502 valence electrons. The van der Waals surface area contributed by atoms with Crippen molar-refractivity contribution in [1.82, 2.24) is 30.1 Å². The van der Waals surface area contributed by atoms with Gasteiger partial charge in [0.05, 0.1) is 66.7 Å². The van der Waals surface area contributed by atoms with E-state index >= 15 is 0 Å². The van der Waals surface area contributed by atoms with Gasteiger partial charge in [-0.2, -0.15) is 0 Å². The Morgan fingerprint density at radius 2 is 0.835 bits per heavy atom. The Bertz CT molecular complexity index is 5120. The molecule has 3 aromatic heterocycles. The van der Waals surface area contributed by atoms with Crippen LogP contribution < -0.4 is 37.2 Å². The van der Waals surface area contributed by atoms with Crippen molar-refractivity contribution in [3.05, 3.63) is 218 Å². The molecule has 0 bridgehead atoms. The van der Waals surface area contributed by atoms with E-state index in [9.17, 15) is 44.7 Å². The molecule has 3 amide bonds. The van der Waals surface area contributed by atoms with E-state index in [0.29, 0.717) is 107 Å². The Labute approximate surface area is 570 Å². The summed E-state index contributed by atoms with van der Waals surface area (Å²) in [6.07, 6.45) is 8.04. The van der Waals surface area contributed by atoms with Crippen molar-refractivity contribution < 1.29 is 63.7 Å². The number of pyridine rings is 3. The molecule has 10 aromatic rings. The first kappa shape index (κ1) is 68.4. The van der Waals surface area contributed by atoms with E-state index in [4.69, 9.17) is 42.1 Å². The van der Waals surface area contributed by atoms with Crippen LogP contribution in [0.1, 0.15) is 70.0 Å². The van der Waals surface area contributed by atoms with Crippen molar-refractivity contribution in [1.29, 1.82) is 0 Å². The summed E-state index contributed by atoms with van der Waals surface area (Å²) >= 11 is 12.0. The first-order chi connectivity index (χ1) is 46.2. The van der Waals surface area contributed by atoms with E-state index in [2.05, 4.69) is 20.3 Å². The quantitative estimate of drug-likeness (QED) is 0.0807. The minimum atomic E-state index is -3.63. The van der Waals surface area contributed by atoms with Crippen LogP contribution in [0, 0.1) is 0 Å². The highest BCUT2D eigenvalue weighted by Gasteiger charge is 2.40. The van der Waals surface area contributed by atoms with E-state index in [1.54, 1.807) is 97.1 Å². The maximum Gasteiger partial charge on any atom is 0.258 e. The maximum absolute atomic E-state index is 13.9. The number of halogens is 2. The number of phenolic OH excluding ortho intramolecular Hbond substituents is 1. The number of amides is 3. The normalized spacial score (nSPS) is 13.3. The van der Waals surface area contributed by atoms with Gasteiger partial charge in [-0.3, -0.25) is 42.3 Å². The smallest absolute Gasteiger partial charge is 0.258 e. The fraction of sp³-hybridized carbons (Fsp3) is 0.217. The van der Waals surface area contributed by atoms with Crippen LogP contribution in [-0.2, 0) is 76.0 Å². The van der Waals surface area contributed by atoms with Crippen molar-refractivity contribution in [2.75, 3.05) is 67.0 Å². The lowest BCUT2D eigenvalue weighted by Gasteiger charge is -2.23. The second kappa shape index (κ2) is 27.6. The van der Waals surface area contributed by atoms with Crippen LogP contribution in [0.2, 0.25) is 10.0 Å². The Balaban J connectivity index is 0.000000149. The zero-order chi connectivity index (χ0) is 69.4. The zero-order valence-corrected chi connectivity index (χ0v) is 57.7. The second-order valence-corrected chi connectivity index (χ2v) is 29.9. The Kier molecular flexibility index (Phi) is 19.5. The van der Waals surface area contributed by atoms with Crippen molar-refractivity contribution in [3.63, 3.8) is 0 Å². The third kappa shape index (κ3) is 14.0. The molecule has 0 aliphatic carbocycles. The number of methoxy groups -OCH3 is 2. The molecule has 0 unspecified atom stereocenters. The third-order valence-corrected chi connectivity index (χ3v) is 20.8. The van der Waals surface area contributed by atoms with Gasteiger partial charge in [0.2, 0.25) is 30.1 Å². The lowest BCUT2D eigenvalue weighted by molar-refractivity contribution is 0.0756. The minimum Gasteiger partial charge on any atom is -0.505 e. The van der Waals surface area contributed by atoms with Gasteiger partial charge in [0.25, 0.3) is 17.7 Å². The predicted octanol–water partition coefficient (Wildman–Crippen LogP) is 10.6. The summed E-state index contributed by atoms with van der Waals surface area (Å²) in [6, 6.07) is 39.6. The number of fused-ring (bicyclic) bond motifs is 6. The number of hydrogen-bond acceptors (Lipinski definition) is 17. The molecule has 0 radical (unpaired) electrons. The molecular formula is C69H65Cl2N9O14S3. The molecule has 3 aliphatic rings. The number of phenols is 1. The molecule has 6 heterocycles. The predicted molar refractivity (Wildman–Crippen MR) is 373 cm³/mol. The van der Waals surface area contributed by atoms with Gasteiger partial charge in [0.15, 0.2) is 17.2 Å². The molecule has 0 spiro atoms. The molecule has 0 saturated heterocycles. The topological polar surface area (TPSA) is 278 Å². The lowest BCUT2D eigenvalue weighted by Crippen LogP contribution is -2.26. The molecule has 23 nitrogen and oxygen atoms in total. The van der Waals surface area contributed by atoms with Crippen LogP contribution >= 0.6 is 23.2 Å². The van der Waals surface area contributed by atoms with Gasteiger partial charge in [0, 0.05) is 115 Å². The number of aromatic hydroxyl groups is 1. The van der Waals surface area contributed by atoms with Crippen molar-refractivity contribution >= 4 is 121 Å². The standard InChI is InChI=1S/C28H26ClN3O5S.C21H21N3O5S.C20H18ClN3O4S/c1-31(38(3,34)35)26-22-5-4-14-30-25(22)27(37-17-19-8-12-21(36-2)13-9-19)24-23(26)16-32(28(24)33)15-18-6-10-20(29)11-7-18;1-24(30(3,26)27)19-15-5-4-10-22-18(15)20(17-16(19)11-23-21(17)25)29-12-13-6-8-14(28-2)9-7-13;1-23(29(2,27)28)18-14-4-3-9-22-17(14)19(25)16-15(18)11-24(20(16)26)10-12-5-7-13(21)8-6-12/h4-14H,15-17H2,1-3H3;4-10H,11-12H2,1-3H3,(H,23,25);3-9,25H,10-11H2,1-2H3. The van der Waals surface area contributed by atoms with Gasteiger partial charge >= 0.3 is 0 Å². The van der Waals surface area contributed by atoms with Crippen LogP contribution in [0.15, 0.2) is 152 Å². The van der Waals surface area contributed by atoms with E-state index in [1.807, 2.05) is 72.8 Å². The fourth-order valence-corrected chi connectivity index (χ4v) is 13.6. The highest BCUT2D eigenvalue weighted by molar-refractivity contribution is 7.92. The fourth-order valence-electron chi connectivity index (χ4n) is 11.7. The molecule has 0 saturated carbocycles. The summed E-state index contributed by atoms with van der Waals surface area (Å²) in [6.45, 7) is 1.64. The number of sulfonamides is 3. The lowest BCUT2D eigenvalue weighted by atomic mass is 10.0. The summed E-state index contributed by atoms with van der Waals surface area (Å²) in [5, 5.41) is 16.4.